The van der Waals surface area contributed by atoms with Crippen LogP contribution in [0.15, 0.2) is 54.6 Å². The second kappa shape index (κ2) is 17.2. The molecule has 0 aliphatic carbocycles. The van der Waals surface area contributed by atoms with E-state index in [1.54, 1.807) is 0 Å². The van der Waals surface area contributed by atoms with Crippen LogP contribution in [0.3, 0.4) is 0 Å². The fourth-order valence-electron chi connectivity index (χ4n) is 4.44. The standard InChI is InChI=1S/C27H24N10O15/c38-25(16-7-19(32(41)42)13-20(8-16)33(43)44)28-1-4-31(5-2-29-26(39)17-9-21(34(45)46)14-22(10-17)35(47)48)6-3-30-27(40)18-11-23(36(49)50)15-24(12-18)37(51)52/h7-15H,1-6H2,(H,28,38)(H,29,39)(H,30,40). The largest absolute Gasteiger partial charge is 0.351 e. The minimum absolute atomic E-state index is 0.0565. The van der Waals surface area contributed by atoms with Crippen molar-refractivity contribution in [1.29, 1.82) is 0 Å². The molecule has 52 heavy (non-hydrogen) atoms. The highest BCUT2D eigenvalue weighted by Gasteiger charge is 2.23. The maximum Gasteiger partial charge on any atom is 0.277 e. The first-order valence-corrected chi connectivity index (χ1v) is 14.4. The Bertz CT molecular complexity index is 1670. The highest BCUT2D eigenvalue weighted by molar-refractivity contribution is 5.96. The maximum atomic E-state index is 12.7. The van der Waals surface area contributed by atoms with Crippen LogP contribution in [0.5, 0.6) is 0 Å². The van der Waals surface area contributed by atoms with Gasteiger partial charge in [-0.2, -0.15) is 0 Å². The summed E-state index contributed by atoms with van der Waals surface area (Å²) < 4.78 is 0. The molecule has 0 atom stereocenters. The second-order valence-electron chi connectivity index (χ2n) is 10.4. The first-order valence-electron chi connectivity index (χ1n) is 14.4. The van der Waals surface area contributed by atoms with Gasteiger partial charge in [0, 0.05) is 75.7 Å². The molecule has 3 aromatic carbocycles. The molecule has 0 aliphatic rings. The van der Waals surface area contributed by atoms with E-state index in [1.807, 2.05) is 0 Å². The number of carbonyl (C=O) groups is 3. The Labute approximate surface area is 288 Å². The summed E-state index contributed by atoms with van der Waals surface area (Å²) in [5.41, 5.74) is -5.47. The summed E-state index contributed by atoms with van der Waals surface area (Å²) in [5, 5.41) is 74.4. The topological polar surface area (TPSA) is 349 Å². The molecule has 0 saturated carbocycles. The molecule has 0 fully saturated rings. The van der Waals surface area contributed by atoms with Crippen LogP contribution in [0.25, 0.3) is 0 Å². The van der Waals surface area contributed by atoms with Crippen LogP contribution in [-0.4, -0.2) is 91.4 Å². The van der Waals surface area contributed by atoms with Gasteiger partial charge < -0.3 is 16.0 Å². The second-order valence-corrected chi connectivity index (χ2v) is 10.4. The number of hydrogen-bond donors (Lipinski definition) is 3. The molecule has 3 amide bonds. The van der Waals surface area contributed by atoms with E-state index in [0.29, 0.717) is 18.2 Å². The third kappa shape index (κ3) is 10.7. The summed E-state index contributed by atoms with van der Waals surface area (Å²) in [6, 6.07) is 6.92. The molecule has 3 aromatic rings. The molecule has 3 N–H and O–H groups in total. The molecule has 25 heteroatoms. The molecule has 0 radical (unpaired) electrons. The third-order valence-corrected chi connectivity index (χ3v) is 6.90. The van der Waals surface area contributed by atoms with Gasteiger partial charge in [0.15, 0.2) is 0 Å². The molecule has 272 valence electrons. The summed E-state index contributed by atoms with van der Waals surface area (Å²) in [4.78, 5) is 101. The van der Waals surface area contributed by atoms with Crippen molar-refractivity contribution in [2.24, 2.45) is 0 Å². The minimum atomic E-state index is -0.925. The Kier molecular flexibility index (Phi) is 12.9. The van der Waals surface area contributed by atoms with Gasteiger partial charge in [-0.15, -0.1) is 0 Å². The lowest BCUT2D eigenvalue weighted by Gasteiger charge is -2.23. The fraction of sp³-hybridized carbons (Fsp3) is 0.222. The summed E-state index contributed by atoms with van der Waals surface area (Å²) >= 11 is 0. The number of nitro groups is 6. The monoisotopic (exact) mass is 728 g/mol. The summed E-state index contributed by atoms with van der Waals surface area (Å²) in [5.74, 6) is -2.77. The lowest BCUT2D eigenvalue weighted by Crippen LogP contribution is -2.43. The number of nitro benzene ring substituents is 6. The molecule has 25 nitrogen and oxygen atoms in total. The molecule has 0 aliphatic heterocycles. The fourth-order valence-corrected chi connectivity index (χ4v) is 4.44. The number of benzene rings is 3. The highest BCUT2D eigenvalue weighted by Crippen LogP contribution is 2.25. The van der Waals surface area contributed by atoms with Crippen LogP contribution in [0, 0.1) is 60.7 Å². The quantitative estimate of drug-likeness (QED) is 0.124. The van der Waals surface area contributed by atoms with Crippen molar-refractivity contribution in [1.82, 2.24) is 20.9 Å². The number of nitrogens with one attached hydrogen (secondary N) is 3. The predicted molar refractivity (Wildman–Crippen MR) is 173 cm³/mol. The average Bonchev–Trinajstić information content (AvgIpc) is 3.10. The summed E-state index contributed by atoms with van der Waals surface area (Å²) in [7, 11) is 0. The number of rotatable bonds is 18. The van der Waals surface area contributed by atoms with Crippen LogP contribution < -0.4 is 16.0 Å². The lowest BCUT2D eigenvalue weighted by molar-refractivity contribution is -0.394. The van der Waals surface area contributed by atoms with Gasteiger partial charge in [-0.05, 0) is 0 Å². The van der Waals surface area contributed by atoms with Gasteiger partial charge in [0.05, 0.1) is 64.4 Å². The van der Waals surface area contributed by atoms with Gasteiger partial charge >= 0.3 is 0 Å². The van der Waals surface area contributed by atoms with Crippen molar-refractivity contribution in [3.05, 3.63) is 132 Å². The highest BCUT2D eigenvalue weighted by atomic mass is 16.6. The zero-order chi connectivity index (χ0) is 38.7. The van der Waals surface area contributed by atoms with Crippen LogP contribution in [0.4, 0.5) is 34.1 Å². The van der Waals surface area contributed by atoms with E-state index in [0.717, 1.165) is 36.4 Å². The van der Waals surface area contributed by atoms with E-state index in [-0.39, 0.29) is 39.3 Å². The van der Waals surface area contributed by atoms with Crippen LogP contribution in [0.2, 0.25) is 0 Å². The molecular weight excluding hydrogens is 704 g/mol. The number of amides is 3. The van der Waals surface area contributed by atoms with Crippen molar-refractivity contribution < 1.29 is 43.9 Å². The van der Waals surface area contributed by atoms with E-state index in [4.69, 9.17) is 0 Å². The summed E-state index contributed by atoms with van der Waals surface area (Å²) in [6.45, 7) is -0.778. The molecule has 3 rings (SSSR count). The zero-order valence-corrected chi connectivity index (χ0v) is 26.2. The van der Waals surface area contributed by atoms with E-state index >= 15 is 0 Å². The predicted octanol–water partition coefficient (Wildman–Crippen LogP) is 2.03. The van der Waals surface area contributed by atoms with E-state index in [2.05, 4.69) is 16.0 Å². The third-order valence-electron chi connectivity index (χ3n) is 6.90. The van der Waals surface area contributed by atoms with Crippen molar-refractivity contribution in [2.45, 2.75) is 0 Å². The minimum Gasteiger partial charge on any atom is -0.351 e. The van der Waals surface area contributed by atoms with Gasteiger partial charge in [-0.3, -0.25) is 80.0 Å². The number of non-ortho nitro benzene ring substituents is 6. The van der Waals surface area contributed by atoms with Gasteiger partial charge in [0.25, 0.3) is 51.8 Å². The Morgan fingerprint density at radius 2 is 0.596 bits per heavy atom. The Balaban J connectivity index is 1.73. The Morgan fingerprint density at radius 3 is 0.769 bits per heavy atom. The summed E-state index contributed by atoms with van der Waals surface area (Å²) in [6.07, 6.45) is 0. The normalized spacial score (nSPS) is 10.6. The first-order chi connectivity index (χ1) is 24.5. The van der Waals surface area contributed by atoms with E-state index in [9.17, 15) is 75.1 Å². The molecule has 0 bridgehead atoms. The van der Waals surface area contributed by atoms with Crippen molar-refractivity contribution in [3.8, 4) is 0 Å². The average molecular weight is 729 g/mol. The Morgan fingerprint density at radius 1 is 0.404 bits per heavy atom. The van der Waals surface area contributed by atoms with Crippen molar-refractivity contribution in [3.63, 3.8) is 0 Å². The van der Waals surface area contributed by atoms with Gasteiger partial charge in [-0.1, -0.05) is 0 Å². The van der Waals surface area contributed by atoms with Gasteiger partial charge in [0.2, 0.25) is 0 Å². The number of carbonyl (C=O) groups excluding carboxylic acids is 3. The molecule has 0 heterocycles. The smallest absolute Gasteiger partial charge is 0.277 e. The van der Waals surface area contributed by atoms with Crippen LogP contribution >= 0.6 is 0 Å². The molecule has 0 aromatic heterocycles. The van der Waals surface area contributed by atoms with Gasteiger partial charge in [-0.25, -0.2) is 0 Å². The maximum absolute atomic E-state index is 12.7. The van der Waals surface area contributed by atoms with Crippen LogP contribution in [-0.2, 0) is 0 Å². The molecular formula is C27H24N10O15. The first kappa shape index (κ1) is 38.9. The van der Waals surface area contributed by atoms with E-state index in [1.165, 1.54) is 4.90 Å². The zero-order valence-electron chi connectivity index (χ0n) is 26.2. The Hall–Kier alpha value is -7.57. The van der Waals surface area contributed by atoms with E-state index < -0.39 is 98.1 Å². The number of nitrogens with zero attached hydrogens (tertiary/aromatic N) is 7. The van der Waals surface area contributed by atoms with Crippen molar-refractivity contribution >= 4 is 51.8 Å². The molecule has 0 spiro atoms. The molecule has 0 saturated heterocycles. The number of hydrogen-bond acceptors (Lipinski definition) is 16. The van der Waals surface area contributed by atoms with Crippen LogP contribution in [0.1, 0.15) is 31.1 Å². The lowest BCUT2D eigenvalue weighted by atomic mass is 10.1. The molecule has 0 unspecified atom stereocenters. The van der Waals surface area contributed by atoms with Crippen molar-refractivity contribution in [2.75, 3.05) is 39.3 Å². The van der Waals surface area contributed by atoms with Gasteiger partial charge in [0.1, 0.15) is 0 Å². The SMILES string of the molecule is O=C(NCCN(CCNC(=O)c1cc([N+](=O)[O-])cc([N+](=O)[O-])c1)CCNC(=O)c1cc([N+](=O)[O-])cc([N+](=O)[O-])c1)c1cc([N+](=O)[O-])cc([N+](=O)[O-])c1.